The van der Waals surface area contributed by atoms with Crippen molar-refractivity contribution in [2.75, 3.05) is 6.61 Å². The molecule has 0 aliphatic carbocycles. The van der Waals surface area contributed by atoms with E-state index in [1.807, 2.05) is 0 Å². The monoisotopic (exact) mass is 308 g/mol. The number of hydrogen-bond donors (Lipinski definition) is 2. The van der Waals surface area contributed by atoms with Gasteiger partial charge >= 0.3 is 7.32 Å². The molecule has 1 rings (SSSR count). The van der Waals surface area contributed by atoms with E-state index in [1.54, 1.807) is 24.3 Å². The highest BCUT2D eigenvalue weighted by molar-refractivity contribution is 6.33. The molecular weight excluding hydrogens is 279 g/mol. The predicted molar refractivity (Wildman–Crippen MR) is 90.0 cm³/mol. The van der Waals surface area contributed by atoms with E-state index in [1.165, 1.54) is 51.4 Å². The van der Waals surface area contributed by atoms with Crippen LogP contribution in [0.15, 0.2) is 24.3 Å². The van der Waals surface area contributed by atoms with Gasteiger partial charge in [-0.3, -0.25) is 0 Å². The van der Waals surface area contributed by atoms with E-state index < -0.39 is 7.32 Å². The van der Waals surface area contributed by atoms with Gasteiger partial charge in [0.2, 0.25) is 0 Å². The van der Waals surface area contributed by atoms with E-state index in [0.29, 0.717) is 5.75 Å². The highest BCUT2D eigenvalue weighted by atomic mass is 16.6. The molecule has 0 spiro atoms. The maximum absolute atomic E-state index is 8.68. The maximum atomic E-state index is 8.68. The third-order valence-corrected chi connectivity index (χ3v) is 3.58. The summed E-state index contributed by atoms with van der Waals surface area (Å²) in [5.74, 6) is 1.18. The first-order valence-electron chi connectivity index (χ1n) is 8.48. The summed E-state index contributed by atoms with van der Waals surface area (Å²) in [7, 11) is -1.78. The Kier molecular flexibility index (Phi) is 10.6. The van der Waals surface area contributed by atoms with Crippen molar-refractivity contribution >= 4 is 7.32 Å². The van der Waals surface area contributed by atoms with Crippen molar-refractivity contribution in [2.45, 2.75) is 64.7 Å². The first-order chi connectivity index (χ1) is 10.7. The first-order valence-corrected chi connectivity index (χ1v) is 8.48. The Hall–Kier alpha value is -1.20. The Balaban J connectivity index is 1.98. The lowest BCUT2D eigenvalue weighted by Crippen LogP contribution is -2.20. The van der Waals surface area contributed by atoms with Crippen molar-refractivity contribution in [3.63, 3.8) is 0 Å². The second kappa shape index (κ2) is 12.4. The third-order valence-electron chi connectivity index (χ3n) is 3.58. The summed E-state index contributed by atoms with van der Waals surface area (Å²) in [4.78, 5) is 0. The topological polar surface area (TPSA) is 58.9 Å². The van der Waals surface area contributed by atoms with Crippen molar-refractivity contribution in [1.82, 2.24) is 0 Å². The van der Waals surface area contributed by atoms with E-state index in [4.69, 9.17) is 19.4 Å². The molecule has 0 fully saturated rings. The van der Waals surface area contributed by atoms with Crippen LogP contribution in [-0.4, -0.2) is 24.0 Å². The van der Waals surface area contributed by atoms with E-state index in [0.717, 1.165) is 18.8 Å². The van der Waals surface area contributed by atoms with Crippen molar-refractivity contribution in [3.05, 3.63) is 24.3 Å². The van der Waals surface area contributed by atoms with E-state index >= 15 is 0 Å². The quantitative estimate of drug-likeness (QED) is 0.428. The SMILES string of the molecule is CCCCCCCCCCCOc1ccc(OB(O)O)cc1. The molecule has 0 amide bonds. The molecule has 124 valence electrons. The molecule has 5 heteroatoms. The zero-order valence-electron chi connectivity index (χ0n) is 13.7. The van der Waals surface area contributed by atoms with Crippen LogP contribution >= 0.6 is 0 Å². The van der Waals surface area contributed by atoms with Gasteiger partial charge in [-0.1, -0.05) is 58.3 Å². The summed E-state index contributed by atoms with van der Waals surface area (Å²) in [5, 5.41) is 17.4. The molecule has 4 nitrogen and oxygen atoms in total. The van der Waals surface area contributed by atoms with Gasteiger partial charge in [-0.2, -0.15) is 0 Å². The fraction of sp³-hybridized carbons (Fsp3) is 0.647. The molecule has 0 saturated heterocycles. The number of benzene rings is 1. The number of rotatable bonds is 13. The van der Waals surface area contributed by atoms with Crippen LogP contribution in [0.3, 0.4) is 0 Å². The molecule has 1 aromatic rings. The molecule has 0 radical (unpaired) electrons. The van der Waals surface area contributed by atoms with Gasteiger partial charge in [-0.05, 0) is 30.7 Å². The molecule has 22 heavy (non-hydrogen) atoms. The van der Waals surface area contributed by atoms with Crippen molar-refractivity contribution in [2.24, 2.45) is 0 Å². The number of ether oxygens (including phenoxy) is 1. The number of hydrogen-bond acceptors (Lipinski definition) is 4. The fourth-order valence-electron chi connectivity index (χ4n) is 2.34. The normalized spacial score (nSPS) is 10.5. The lowest BCUT2D eigenvalue weighted by molar-refractivity contribution is 0.286. The van der Waals surface area contributed by atoms with Crippen LogP contribution in [0.5, 0.6) is 11.5 Å². The number of unbranched alkanes of at least 4 members (excludes halogenated alkanes) is 8. The minimum absolute atomic E-state index is 0.408. The average molecular weight is 308 g/mol. The van der Waals surface area contributed by atoms with E-state index in [2.05, 4.69) is 6.92 Å². The van der Waals surface area contributed by atoms with Gasteiger partial charge in [0.25, 0.3) is 0 Å². The Labute approximate surface area is 134 Å². The smallest absolute Gasteiger partial charge is 0.512 e. The van der Waals surface area contributed by atoms with Gasteiger partial charge in [0.1, 0.15) is 11.5 Å². The van der Waals surface area contributed by atoms with Gasteiger partial charge in [0, 0.05) is 0 Å². The predicted octanol–water partition coefficient (Wildman–Crippen LogP) is 3.94. The molecule has 1 aromatic carbocycles. The van der Waals surface area contributed by atoms with Crippen molar-refractivity contribution in [3.8, 4) is 11.5 Å². The largest absolute Gasteiger partial charge is 0.707 e. The lowest BCUT2D eigenvalue weighted by atomic mass is 10.1. The summed E-state index contributed by atoms with van der Waals surface area (Å²) < 4.78 is 10.4. The minimum atomic E-state index is -1.78. The summed E-state index contributed by atoms with van der Waals surface area (Å²) in [6.07, 6.45) is 11.7. The second-order valence-corrected chi connectivity index (χ2v) is 5.59. The summed E-state index contributed by atoms with van der Waals surface area (Å²) in [5.41, 5.74) is 0. The summed E-state index contributed by atoms with van der Waals surface area (Å²) >= 11 is 0. The average Bonchev–Trinajstić information content (AvgIpc) is 2.50. The summed E-state index contributed by atoms with van der Waals surface area (Å²) in [6.45, 7) is 2.97. The highest BCUT2D eigenvalue weighted by Gasteiger charge is 2.10. The second-order valence-electron chi connectivity index (χ2n) is 5.59. The zero-order chi connectivity index (χ0) is 16.0. The van der Waals surface area contributed by atoms with Crippen LogP contribution in [0.1, 0.15) is 64.7 Å². The Morgan fingerprint density at radius 1 is 0.773 bits per heavy atom. The minimum Gasteiger partial charge on any atom is -0.512 e. The van der Waals surface area contributed by atoms with Crippen LogP contribution in [0.25, 0.3) is 0 Å². The van der Waals surface area contributed by atoms with Gasteiger partial charge < -0.3 is 19.4 Å². The fourth-order valence-corrected chi connectivity index (χ4v) is 2.34. The molecule has 0 saturated carbocycles. The molecule has 0 aliphatic rings. The van der Waals surface area contributed by atoms with Crippen LogP contribution in [0.2, 0.25) is 0 Å². The molecule has 0 heterocycles. The van der Waals surface area contributed by atoms with Gasteiger partial charge in [-0.25, -0.2) is 0 Å². The van der Waals surface area contributed by atoms with Gasteiger partial charge in [-0.15, -0.1) is 0 Å². The van der Waals surface area contributed by atoms with E-state index in [9.17, 15) is 0 Å². The molecular formula is C17H29BO4. The highest BCUT2D eigenvalue weighted by Crippen LogP contribution is 2.18. The van der Waals surface area contributed by atoms with Crippen molar-refractivity contribution in [1.29, 1.82) is 0 Å². The molecule has 0 unspecified atom stereocenters. The first kappa shape index (κ1) is 18.9. The third kappa shape index (κ3) is 9.69. The molecule has 0 aliphatic heterocycles. The standard InChI is InChI=1S/C17H29BO4/c1-2-3-4-5-6-7-8-9-10-15-21-16-11-13-17(14-12-16)22-18(19)20/h11-14,19-20H,2-10,15H2,1H3. The Morgan fingerprint density at radius 3 is 1.82 bits per heavy atom. The Bertz CT molecular complexity index is 367. The lowest BCUT2D eigenvalue weighted by Gasteiger charge is -2.08. The summed E-state index contributed by atoms with van der Waals surface area (Å²) in [6, 6.07) is 6.85. The maximum Gasteiger partial charge on any atom is 0.707 e. The molecule has 0 atom stereocenters. The Morgan fingerprint density at radius 2 is 1.27 bits per heavy atom. The van der Waals surface area contributed by atoms with Crippen LogP contribution in [-0.2, 0) is 0 Å². The van der Waals surface area contributed by atoms with Gasteiger partial charge in [0.05, 0.1) is 6.61 Å². The van der Waals surface area contributed by atoms with Crippen LogP contribution in [0.4, 0.5) is 0 Å². The van der Waals surface area contributed by atoms with Crippen molar-refractivity contribution < 1.29 is 19.4 Å². The van der Waals surface area contributed by atoms with Crippen LogP contribution < -0.4 is 9.39 Å². The van der Waals surface area contributed by atoms with Gasteiger partial charge in [0.15, 0.2) is 0 Å². The molecule has 2 N–H and O–H groups in total. The molecule has 0 aromatic heterocycles. The van der Waals surface area contributed by atoms with E-state index in [-0.39, 0.29) is 0 Å². The zero-order valence-corrected chi connectivity index (χ0v) is 13.7. The molecule has 0 bridgehead atoms. The van der Waals surface area contributed by atoms with Crippen LogP contribution in [0, 0.1) is 0 Å².